The Kier molecular flexibility index (Phi) is 4.62. The van der Waals surface area contributed by atoms with Gasteiger partial charge in [0.25, 0.3) is 6.43 Å². The summed E-state index contributed by atoms with van der Waals surface area (Å²) in [5.74, 6) is -1.36. The number of nitrogens with zero attached hydrogens (tertiary/aromatic N) is 1. The molecule has 0 unspecified atom stereocenters. The van der Waals surface area contributed by atoms with E-state index in [-0.39, 0.29) is 29.3 Å². The number of carboxylic acid groups (broad SMARTS) is 1. The van der Waals surface area contributed by atoms with Gasteiger partial charge in [-0.05, 0) is 11.6 Å². The van der Waals surface area contributed by atoms with Gasteiger partial charge >= 0.3 is 5.97 Å². The summed E-state index contributed by atoms with van der Waals surface area (Å²) in [4.78, 5) is 14.2. The molecular formula is C10H10ClF2NO3. The van der Waals surface area contributed by atoms with E-state index >= 15 is 0 Å². The molecule has 0 bridgehead atoms. The highest BCUT2D eigenvalue weighted by atomic mass is 35.5. The summed E-state index contributed by atoms with van der Waals surface area (Å²) in [7, 11) is 1.22. The molecule has 0 spiro atoms. The number of hydrogen-bond donors (Lipinski definition) is 1. The lowest BCUT2D eigenvalue weighted by Crippen LogP contribution is -2.08. The fourth-order valence-corrected chi connectivity index (χ4v) is 1.57. The van der Waals surface area contributed by atoms with Gasteiger partial charge in [-0.2, -0.15) is 0 Å². The van der Waals surface area contributed by atoms with Crippen molar-refractivity contribution < 1.29 is 23.4 Å². The fraction of sp³-hybridized carbons (Fsp3) is 0.400. The number of carboxylic acids is 1. The second-order valence-corrected chi connectivity index (χ2v) is 3.45. The third-order valence-electron chi connectivity index (χ3n) is 2.08. The van der Waals surface area contributed by atoms with Gasteiger partial charge in [-0.3, -0.25) is 4.79 Å². The first kappa shape index (κ1) is 13.6. The van der Waals surface area contributed by atoms with Crippen molar-refractivity contribution in [1.82, 2.24) is 4.98 Å². The zero-order valence-electron chi connectivity index (χ0n) is 8.91. The van der Waals surface area contributed by atoms with Crippen LogP contribution in [0.15, 0.2) is 6.07 Å². The molecule has 0 aromatic carbocycles. The topological polar surface area (TPSA) is 59.4 Å². The molecule has 4 nitrogen and oxygen atoms in total. The van der Waals surface area contributed by atoms with Crippen LogP contribution in [0.4, 0.5) is 8.78 Å². The number of carbonyl (C=O) groups is 1. The highest BCUT2D eigenvalue weighted by Gasteiger charge is 2.20. The molecule has 0 amide bonds. The number of ether oxygens (including phenoxy) is 1. The molecule has 0 atom stereocenters. The van der Waals surface area contributed by atoms with Crippen LogP contribution in [0, 0.1) is 0 Å². The lowest BCUT2D eigenvalue weighted by molar-refractivity contribution is -0.136. The number of aliphatic carboxylic acids is 1. The van der Waals surface area contributed by atoms with Crippen molar-refractivity contribution in [2.75, 3.05) is 7.11 Å². The van der Waals surface area contributed by atoms with Crippen molar-refractivity contribution >= 4 is 17.6 Å². The van der Waals surface area contributed by atoms with E-state index in [1.807, 2.05) is 0 Å². The second-order valence-electron chi connectivity index (χ2n) is 3.19. The molecule has 0 radical (unpaired) electrons. The molecule has 0 saturated carbocycles. The maximum Gasteiger partial charge on any atom is 0.307 e. The van der Waals surface area contributed by atoms with E-state index in [1.165, 1.54) is 13.2 Å². The van der Waals surface area contributed by atoms with E-state index in [0.29, 0.717) is 0 Å². The minimum atomic E-state index is -2.80. The van der Waals surface area contributed by atoms with Crippen LogP contribution in [0.3, 0.4) is 0 Å². The zero-order chi connectivity index (χ0) is 13.0. The zero-order valence-corrected chi connectivity index (χ0v) is 9.67. The molecule has 0 saturated heterocycles. The summed E-state index contributed by atoms with van der Waals surface area (Å²) in [6.07, 6.45) is -3.14. The smallest absolute Gasteiger partial charge is 0.307 e. The van der Waals surface area contributed by atoms with E-state index in [2.05, 4.69) is 4.98 Å². The summed E-state index contributed by atoms with van der Waals surface area (Å²) in [5, 5.41) is 8.67. The van der Waals surface area contributed by atoms with Gasteiger partial charge < -0.3 is 9.84 Å². The average molecular weight is 266 g/mol. The predicted octanol–water partition coefficient (Wildman–Crippen LogP) is 2.39. The molecule has 94 valence electrons. The van der Waals surface area contributed by atoms with Gasteiger partial charge in [0.15, 0.2) is 0 Å². The molecule has 1 aromatic heterocycles. The van der Waals surface area contributed by atoms with Crippen LogP contribution in [-0.4, -0.2) is 23.2 Å². The Morgan fingerprint density at radius 2 is 2.29 bits per heavy atom. The van der Waals surface area contributed by atoms with Crippen molar-refractivity contribution in [2.24, 2.45) is 0 Å². The Bertz CT molecular complexity index is 426. The predicted molar refractivity (Wildman–Crippen MR) is 56.6 cm³/mol. The Morgan fingerprint density at radius 3 is 2.71 bits per heavy atom. The van der Waals surface area contributed by atoms with Crippen LogP contribution < -0.4 is 4.74 Å². The van der Waals surface area contributed by atoms with E-state index in [9.17, 15) is 13.6 Å². The molecule has 0 aliphatic heterocycles. The van der Waals surface area contributed by atoms with E-state index in [1.54, 1.807) is 0 Å². The third kappa shape index (κ3) is 3.26. The molecule has 7 heteroatoms. The van der Waals surface area contributed by atoms with Crippen LogP contribution >= 0.6 is 11.6 Å². The maximum absolute atomic E-state index is 12.6. The van der Waals surface area contributed by atoms with Gasteiger partial charge in [0, 0.05) is 0 Å². The van der Waals surface area contributed by atoms with Gasteiger partial charge in [-0.25, -0.2) is 13.8 Å². The molecule has 17 heavy (non-hydrogen) atoms. The largest absolute Gasteiger partial charge is 0.495 e. The Morgan fingerprint density at radius 1 is 1.65 bits per heavy atom. The van der Waals surface area contributed by atoms with E-state index < -0.39 is 18.1 Å². The normalized spacial score (nSPS) is 10.6. The number of rotatable bonds is 5. The molecule has 1 N–H and O–H groups in total. The molecule has 0 aliphatic rings. The number of halogens is 3. The quantitative estimate of drug-likeness (QED) is 0.831. The maximum atomic E-state index is 12.6. The highest BCUT2D eigenvalue weighted by Crippen LogP contribution is 2.29. The summed E-state index contributed by atoms with van der Waals surface area (Å²) < 4.78 is 30.0. The first-order valence-corrected chi connectivity index (χ1v) is 5.15. The minimum Gasteiger partial charge on any atom is -0.495 e. The van der Waals surface area contributed by atoms with Crippen molar-refractivity contribution in [3.05, 3.63) is 23.0 Å². The van der Waals surface area contributed by atoms with Crippen molar-refractivity contribution in [1.29, 1.82) is 0 Å². The third-order valence-corrected chi connectivity index (χ3v) is 2.33. The Labute approximate surface area is 101 Å². The van der Waals surface area contributed by atoms with Gasteiger partial charge in [-0.15, -0.1) is 11.6 Å². The highest BCUT2D eigenvalue weighted by molar-refractivity contribution is 6.17. The SMILES string of the molecule is COc1cc(CC(=O)O)c(CCl)nc1C(F)F. The average Bonchev–Trinajstić information content (AvgIpc) is 2.27. The second kappa shape index (κ2) is 5.77. The Hall–Kier alpha value is -1.43. The lowest BCUT2D eigenvalue weighted by Gasteiger charge is -2.11. The minimum absolute atomic E-state index is 0.130. The van der Waals surface area contributed by atoms with Gasteiger partial charge in [0.1, 0.15) is 11.4 Å². The molecular weight excluding hydrogens is 256 g/mol. The molecule has 0 aliphatic carbocycles. The lowest BCUT2D eigenvalue weighted by atomic mass is 10.1. The number of aromatic nitrogens is 1. The Balaban J connectivity index is 3.27. The van der Waals surface area contributed by atoms with Gasteiger partial charge in [-0.1, -0.05) is 0 Å². The van der Waals surface area contributed by atoms with E-state index in [0.717, 1.165) is 0 Å². The standard InChI is InChI=1S/C10H10ClF2NO3/c1-17-7-2-5(3-8(15)16)6(4-11)14-9(7)10(12)13/h2,10H,3-4H2,1H3,(H,15,16). The van der Waals surface area contributed by atoms with Crippen LogP contribution in [0.25, 0.3) is 0 Å². The molecule has 0 fully saturated rings. The van der Waals surface area contributed by atoms with Crippen LogP contribution in [-0.2, 0) is 17.1 Å². The number of methoxy groups -OCH3 is 1. The van der Waals surface area contributed by atoms with Crippen molar-refractivity contribution in [2.45, 2.75) is 18.7 Å². The van der Waals surface area contributed by atoms with E-state index in [4.69, 9.17) is 21.4 Å². The summed E-state index contributed by atoms with van der Waals surface area (Å²) in [6, 6.07) is 1.24. The van der Waals surface area contributed by atoms with Crippen LogP contribution in [0.2, 0.25) is 0 Å². The summed E-state index contributed by atoms with van der Waals surface area (Å²) >= 11 is 5.55. The van der Waals surface area contributed by atoms with Crippen LogP contribution in [0.1, 0.15) is 23.4 Å². The van der Waals surface area contributed by atoms with Crippen LogP contribution in [0.5, 0.6) is 5.75 Å². The first-order valence-electron chi connectivity index (χ1n) is 4.62. The van der Waals surface area contributed by atoms with Crippen molar-refractivity contribution in [3.63, 3.8) is 0 Å². The first-order chi connectivity index (χ1) is 7.99. The molecule has 1 rings (SSSR count). The molecule has 1 aromatic rings. The molecule has 1 heterocycles. The number of alkyl halides is 3. The fourth-order valence-electron chi connectivity index (χ4n) is 1.34. The van der Waals surface area contributed by atoms with Crippen molar-refractivity contribution in [3.8, 4) is 5.75 Å². The summed E-state index contributed by atoms with van der Waals surface area (Å²) in [5.41, 5.74) is -0.129. The number of hydrogen-bond acceptors (Lipinski definition) is 3. The van der Waals surface area contributed by atoms with Gasteiger partial charge in [0.2, 0.25) is 0 Å². The summed E-state index contributed by atoms with van der Waals surface area (Å²) in [6.45, 7) is 0. The monoisotopic (exact) mass is 265 g/mol. The number of pyridine rings is 1. The van der Waals surface area contributed by atoms with Gasteiger partial charge in [0.05, 0.1) is 25.1 Å².